The van der Waals surface area contributed by atoms with Gasteiger partial charge in [-0.05, 0) is 23.6 Å². The van der Waals surface area contributed by atoms with E-state index in [1.54, 1.807) is 29.8 Å². The first-order chi connectivity index (χ1) is 10.2. The normalized spacial score (nSPS) is 10.5. The summed E-state index contributed by atoms with van der Waals surface area (Å²) in [5.41, 5.74) is 1.51. The second-order valence-corrected chi connectivity index (χ2v) is 5.07. The standard InChI is InChI=1S/C14H9N3O3S/c18-12(17-13-9(14(19)20)4-7-21-13)8-2-1-3-10-11(8)16-6-5-15-10/h1-7H,(H,17,18)(H,19,20). The quantitative estimate of drug-likeness (QED) is 0.775. The van der Waals surface area contributed by atoms with Crippen molar-refractivity contribution in [3.8, 4) is 0 Å². The molecule has 3 aromatic rings. The van der Waals surface area contributed by atoms with Gasteiger partial charge in [0.15, 0.2) is 0 Å². The van der Waals surface area contributed by atoms with E-state index < -0.39 is 11.9 Å². The van der Waals surface area contributed by atoms with Crippen molar-refractivity contribution in [3.63, 3.8) is 0 Å². The largest absolute Gasteiger partial charge is 0.478 e. The highest BCUT2D eigenvalue weighted by Gasteiger charge is 2.17. The fraction of sp³-hybridized carbons (Fsp3) is 0. The average molecular weight is 299 g/mol. The first-order valence-electron chi connectivity index (χ1n) is 5.98. The summed E-state index contributed by atoms with van der Waals surface area (Å²) in [4.78, 5) is 31.7. The van der Waals surface area contributed by atoms with Crippen LogP contribution in [0, 0.1) is 0 Å². The number of fused-ring (bicyclic) bond motifs is 1. The van der Waals surface area contributed by atoms with Crippen molar-refractivity contribution in [1.82, 2.24) is 9.97 Å². The van der Waals surface area contributed by atoms with E-state index in [4.69, 9.17) is 5.11 Å². The predicted molar refractivity (Wildman–Crippen MR) is 78.8 cm³/mol. The van der Waals surface area contributed by atoms with Gasteiger partial charge in [0, 0.05) is 12.4 Å². The van der Waals surface area contributed by atoms with Gasteiger partial charge in [-0.3, -0.25) is 14.8 Å². The third kappa shape index (κ3) is 2.46. The molecule has 7 heteroatoms. The Bertz CT molecular complexity index is 839. The average Bonchev–Trinajstić information content (AvgIpc) is 2.95. The molecular weight excluding hydrogens is 290 g/mol. The number of nitrogens with zero attached hydrogens (tertiary/aromatic N) is 2. The molecule has 1 amide bonds. The molecule has 0 aliphatic carbocycles. The summed E-state index contributed by atoms with van der Waals surface area (Å²) in [6.07, 6.45) is 3.05. The topological polar surface area (TPSA) is 92.2 Å². The number of carbonyl (C=O) groups excluding carboxylic acids is 1. The van der Waals surface area contributed by atoms with Crippen LogP contribution >= 0.6 is 11.3 Å². The summed E-state index contributed by atoms with van der Waals surface area (Å²) in [5, 5.41) is 13.6. The number of aromatic nitrogens is 2. The summed E-state index contributed by atoms with van der Waals surface area (Å²) < 4.78 is 0. The van der Waals surface area contributed by atoms with Crippen LogP contribution in [-0.2, 0) is 0 Å². The molecule has 3 rings (SSSR count). The Kier molecular flexibility index (Phi) is 3.33. The molecule has 0 aliphatic rings. The number of aromatic carboxylic acids is 1. The van der Waals surface area contributed by atoms with E-state index in [1.165, 1.54) is 12.3 Å². The lowest BCUT2D eigenvalue weighted by Gasteiger charge is -2.06. The van der Waals surface area contributed by atoms with Crippen molar-refractivity contribution in [3.05, 3.63) is 53.2 Å². The monoisotopic (exact) mass is 299 g/mol. The second kappa shape index (κ2) is 5.29. The Hall–Kier alpha value is -2.80. The first-order valence-corrected chi connectivity index (χ1v) is 6.86. The van der Waals surface area contributed by atoms with E-state index in [0.717, 1.165) is 11.3 Å². The van der Waals surface area contributed by atoms with Gasteiger partial charge in [-0.25, -0.2) is 4.79 Å². The third-order valence-electron chi connectivity index (χ3n) is 2.87. The van der Waals surface area contributed by atoms with Gasteiger partial charge in [0.25, 0.3) is 5.91 Å². The molecule has 2 heterocycles. The number of nitrogens with one attached hydrogen (secondary N) is 1. The van der Waals surface area contributed by atoms with Crippen molar-refractivity contribution >= 4 is 39.2 Å². The zero-order valence-corrected chi connectivity index (χ0v) is 11.4. The third-order valence-corrected chi connectivity index (χ3v) is 3.70. The SMILES string of the molecule is O=C(O)c1ccsc1NC(=O)c1cccc2nccnc12. The van der Waals surface area contributed by atoms with Gasteiger partial charge in [0.2, 0.25) is 0 Å². The summed E-state index contributed by atoms with van der Waals surface area (Å²) in [5.74, 6) is -1.49. The number of para-hydroxylation sites is 1. The molecule has 0 atom stereocenters. The highest BCUT2D eigenvalue weighted by Crippen LogP contribution is 2.24. The summed E-state index contributed by atoms with van der Waals surface area (Å²) in [6, 6.07) is 6.54. The minimum atomic E-state index is -1.08. The number of amides is 1. The molecule has 0 aliphatic heterocycles. The number of anilines is 1. The number of rotatable bonds is 3. The predicted octanol–water partition coefficient (Wildman–Crippen LogP) is 2.64. The van der Waals surface area contributed by atoms with Crippen LogP contribution in [0.3, 0.4) is 0 Å². The van der Waals surface area contributed by atoms with Gasteiger partial charge in [-0.15, -0.1) is 11.3 Å². The molecule has 0 radical (unpaired) electrons. The molecule has 0 saturated carbocycles. The number of hydrogen-bond donors (Lipinski definition) is 2. The van der Waals surface area contributed by atoms with Crippen LogP contribution in [0.4, 0.5) is 5.00 Å². The Labute approximate surface area is 123 Å². The number of carboxylic acids is 1. The summed E-state index contributed by atoms with van der Waals surface area (Å²) in [7, 11) is 0. The van der Waals surface area contributed by atoms with Crippen LogP contribution < -0.4 is 5.32 Å². The molecule has 0 unspecified atom stereocenters. The Morgan fingerprint density at radius 3 is 2.71 bits per heavy atom. The summed E-state index contributed by atoms with van der Waals surface area (Å²) in [6.45, 7) is 0. The van der Waals surface area contributed by atoms with Crippen LogP contribution in [0.1, 0.15) is 20.7 Å². The number of hydrogen-bond acceptors (Lipinski definition) is 5. The number of thiophene rings is 1. The zero-order chi connectivity index (χ0) is 14.8. The zero-order valence-electron chi connectivity index (χ0n) is 10.6. The van der Waals surface area contributed by atoms with Gasteiger partial charge < -0.3 is 10.4 Å². The molecule has 0 fully saturated rings. The minimum Gasteiger partial charge on any atom is -0.478 e. The van der Waals surface area contributed by atoms with E-state index in [-0.39, 0.29) is 5.56 Å². The van der Waals surface area contributed by atoms with E-state index in [0.29, 0.717) is 21.6 Å². The molecule has 104 valence electrons. The molecule has 2 aromatic heterocycles. The van der Waals surface area contributed by atoms with E-state index in [2.05, 4.69) is 15.3 Å². The number of benzene rings is 1. The van der Waals surface area contributed by atoms with Crippen LogP contribution in [0.2, 0.25) is 0 Å². The fourth-order valence-corrected chi connectivity index (χ4v) is 2.69. The highest BCUT2D eigenvalue weighted by atomic mass is 32.1. The van der Waals surface area contributed by atoms with Crippen molar-refractivity contribution in [2.75, 3.05) is 5.32 Å². The van der Waals surface area contributed by atoms with Crippen molar-refractivity contribution in [2.45, 2.75) is 0 Å². The molecule has 2 N–H and O–H groups in total. The molecule has 6 nitrogen and oxygen atoms in total. The minimum absolute atomic E-state index is 0.0691. The van der Waals surface area contributed by atoms with Gasteiger partial charge in [-0.2, -0.15) is 0 Å². The smallest absolute Gasteiger partial charge is 0.338 e. The molecule has 0 saturated heterocycles. The summed E-state index contributed by atoms with van der Waals surface area (Å²) >= 11 is 1.16. The van der Waals surface area contributed by atoms with E-state index >= 15 is 0 Å². The van der Waals surface area contributed by atoms with Crippen LogP contribution in [0.25, 0.3) is 11.0 Å². The Balaban J connectivity index is 1.98. The van der Waals surface area contributed by atoms with Gasteiger partial charge in [0.05, 0.1) is 16.6 Å². The van der Waals surface area contributed by atoms with Crippen LogP contribution in [0.5, 0.6) is 0 Å². The molecule has 0 bridgehead atoms. The number of carbonyl (C=O) groups is 2. The van der Waals surface area contributed by atoms with Crippen molar-refractivity contribution in [2.24, 2.45) is 0 Å². The lowest BCUT2D eigenvalue weighted by molar-refractivity contribution is 0.0698. The van der Waals surface area contributed by atoms with Crippen molar-refractivity contribution < 1.29 is 14.7 Å². The number of carboxylic acid groups (broad SMARTS) is 1. The van der Waals surface area contributed by atoms with Gasteiger partial charge in [0.1, 0.15) is 10.5 Å². The Morgan fingerprint density at radius 1 is 1.10 bits per heavy atom. The van der Waals surface area contributed by atoms with E-state index in [1.807, 2.05) is 0 Å². The molecule has 1 aromatic carbocycles. The van der Waals surface area contributed by atoms with Crippen molar-refractivity contribution in [1.29, 1.82) is 0 Å². The van der Waals surface area contributed by atoms with Crippen LogP contribution in [0.15, 0.2) is 42.0 Å². The fourth-order valence-electron chi connectivity index (χ4n) is 1.92. The maximum atomic E-state index is 12.3. The first kappa shape index (κ1) is 13.2. The molecule has 21 heavy (non-hydrogen) atoms. The lowest BCUT2D eigenvalue weighted by Crippen LogP contribution is -2.14. The second-order valence-electron chi connectivity index (χ2n) is 4.15. The van der Waals surface area contributed by atoms with Gasteiger partial charge in [-0.1, -0.05) is 6.07 Å². The maximum absolute atomic E-state index is 12.3. The van der Waals surface area contributed by atoms with E-state index in [9.17, 15) is 9.59 Å². The maximum Gasteiger partial charge on any atom is 0.338 e. The molecule has 0 spiro atoms. The molecular formula is C14H9N3O3S. The lowest BCUT2D eigenvalue weighted by atomic mass is 10.1. The van der Waals surface area contributed by atoms with Gasteiger partial charge >= 0.3 is 5.97 Å². The highest BCUT2D eigenvalue weighted by molar-refractivity contribution is 7.14. The van der Waals surface area contributed by atoms with Crippen LogP contribution in [-0.4, -0.2) is 27.0 Å². The Morgan fingerprint density at radius 2 is 1.90 bits per heavy atom.